The molecular formula is C18H12O. The standard InChI is InChI=1S/C18H12O/c19-18-16-8-4-2-6-13(16)11-14-10-9-12-5-1-3-7-15(12)17(14)18/h1-11,19H. The smallest absolute Gasteiger partial charge is 0.131 e. The molecule has 1 N–H and O–H groups in total. The van der Waals surface area contributed by atoms with Crippen LogP contribution >= 0.6 is 0 Å². The van der Waals surface area contributed by atoms with Gasteiger partial charge in [-0.2, -0.15) is 0 Å². The predicted molar refractivity (Wildman–Crippen MR) is 80.6 cm³/mol. The molecule has 0 bridgehead atoms. The van der Waals surface area contributed by atoms with E-state index in [0.29, 0.717) is 5.75 Å². The van der Waals surface area contributed by atoms with Crippen molar-refractivity contribution in [2.75, 3.05) is 0 Å². The molecule has 0 aliphatic carbocycles. The molecule has 0 saturated heterocycles. The average Bonchev–Trinajstić information content (AvgIpc) is 2.47. The SMILES string of the molecule is Oc1c2ccccc2cc2ccc3ccccc3c12. The minimum absolute atomic E-state index is 0.380. The maximum Gasteiger partial charge on any atom is 0.131 e. The molecular weight excluding hydrogens is 232 g/mol. The largest absolute Gasteiger partial charge is 0.507 e. The summed E-state index contributed by atoms with van der Waals surface area (Å²) in [6.07, 6.45) is 0. The summed E-state index contributed by atoms with van der Waals surface area (Å²) in [6, 6.07) is 22.4. The summed E-state index contributed by atoms with van der Waals surface area (Å²) >= 11 is 0. The van der Waals surface area contributed by atoms with E-state index in [0.717, 1.165) is 32.3 Å². The van der Waals surface area contributed by atoms with Gasteiger partial charge >= 0.3 is 0 Å². The minimum Gasteiger partial charge on any atom is -0.507 e. The van der Waals surface area contributed by atoms with E-state index in [9.17, 15) is 5.11 Å². The highest BCUT2D eigenvalue weighted by Gasteiger charge is 2.08. The van der Waals surface area contributed by atoms with Gasteiger partial charge in [0.2, 0.25) is 0 Å². The molecule has 0 saturated carbocycles. The first-order valence-electron chi connectivity index (χ1n) is 6.37. The van der Waals surface area contributed by atoms with E-state index >= 15 is 0 Å². The Morgan fingerprint density at radius 1 is 0.579 bits per heavy atom. The van der Waals surface area contributed by atoms with Crippen LogP contribution in [0.15, 0.2) is 66.7 Å². The summed E-state index contributed by atoms with van der Waals surface area (Å²) < 4.78 is 0. The van der Waals surface area contributed by atoms with Crippen molar-refractivity contribution in [3.8, 4) is 5.75 Å². The maximum atomic E-state index is 10.6. The first-order valence-corrected chi connectivity index (χ1v) is 6.37. The fourth-order valence-electron chi connectivity index (χ4n) is 2.81. The Kier molecular flexibility index (Phi) is 2.04. The molecule has 0 radical (unpaired) electrons. The van der Waals surface area contributed by atoms with Crippen molar-refractivity contribution in [3.05, 3.63) is 66.7 Å². The molecule has 0 atom stereocenters. The van der Waals surface area contributed by atoms with Crippen LogP contribution in [-0.2, 0) is 0 Å². The molecule has 0 amide bonds. The van der Waals surface area contributed by atoms with Gasteiger partial charge in [-0.05, 0) is 27.6 Å². The summed E-state index contributed by atoms with van der Waals surface area (Å²) in [5.41, 5.74) is 0. The highest BCUT2D eigenvalue weighted by molar-refractivity contribution is 6.16. The normalized spacial score (nSPS) is 11.4. The van der Waals surface area contributed by atoms with Crippen molar-refractivity contribution in [3.63, 3.8) is 0 Å². The number of phenols is 1. The quantitative estimate of drug-likeness (QED) is 0.346. The molecule has 1 heteroatoms. The molecule has 0 aromatic heterocycles. The molecule has 0 fully saturated rings. The Balaban J connectivity index is 2.33. The lowest BCUT2D eigenvalue weighted by molar-refractivity contribution is 0.488. The molecule has 0 aliphatic rings. The molecule has 1 nitrogen and oxygen atoms in total. The first-order chi connectivity index (χ1) is 9.34. The number of fused-ring (bicyclic) bond motifs is 4. The summed E-state index contributed by atoms with van der Waals surface area (Å²) in [7, 11) is 0. The highest BCUT2D eigenvalue weighted by Crippen LogP contribution is 2.37. The average molecular weight is 244 g/mol. The first kappa shape index (κ1) is 10.4. The van der Waals surface area contributed by atoms with Crippen LogP contribution < -0.4 is 0 Å². The van der Waals surface area contributed by atoms with Crippen LogP contribution in [0.4, 0.5) is 0 Å². The summed E-state index contributed by atoms with van der Waals surface area (Å²) in [5.74, 6) is 0.380. The fourth-order valence-corrected chi connectivity index (χ4v) is 2.81. The van der Waals surface area contributed by atoms with E-state index in [1.807, 2.05) is 36.4 Å². The molecule has 4 aromatic rings. The molecule has 4 aromatic carbocycles. The topological polar surface area (TPSA) is 20.2 Å². The minimum atomic E-state index is 0.380. The second-order valence-corrected chi connectivity index (χ2v) is 4.83. The summed E-state index contributed by atoms with van der Waals surface area (Å²) in [6.45, 7) is 0. The molecule has 0 spiro atoms. The summed E-state index contributed by atoms with van der Waals surface area (Å²) in [4.78, 5) is 0. The molecule has 0 unspecified atom stereocenters. The van der Waals surface area contributed by atoms with Crippen molar-refractivity contribution in [2.24, 2.45) is 0 Å². The Hall–Kier alpha value is -2.54. The Morgan fingerprint density at radius 2 is 1.21 bits per heavy atom. The Labute approximate surface area is 110 Å². The Bertz CT molecular complexity index is 922. The molecule has 90 valence electrons. The monoisotopic (exact) mass is 244 g/mol. The zero-order valence-corrected chi connectivity index (χ0v) is 10.3. The summed E-state index contributed by atoms with van der Waals surface area (Å²) in [5, 5.41) is 16.9. The third kappa shape index (κ3) is 1.42. The number of phenolic OH excluding ortho intramolecular Hbond substituents is 1. The van der Waals surface area contributed by atoms with Crippen molar-refractivity contribution in [1.29, 1.82) is 0 Å². The van der Waals surface area contributed by atoms with E-state index in [-0.39, 0.29) is 0 Å². The highest BCUT2D eigenvalue weighted by atomic mass is 16.3. The number of benzene rings is 4. The number of rotatable bonds is 0. The van der Waals surface area contributed by atoms with E-state index in [1.54, 1.807) is 0 Å². The van der Waals surface area contributed by atoms with Gasteiger partial charge in [-0.1, -0.05) is 60.7 Å². The van der Waals surface area contributed by atoms with Gasteiger partial charge in [-0.25, -0.2) is 0 Å². The number of aromatic hydroxyl groups is 1. The van der Waals surface area contributed by atoms with Crippen molar-refractivity contribution in [1.82, 2.24) is 0 Å². The van der Waals surface area contributed by atoms with E-state index in [2.05, 4.69) is 30.3 Å². The Morgan fingerprint density at radius 3 is 2.05 bits per heavy atom. The van der Waals surface area contributed by atoms with Crippen molar-refractivity contribution >= 4 is 32.3 Å². The third-order valence-corrected chi connectivity index (χ3v) is 3.72. The van der Waals surface area contributed by atoms with Crippen molar-refractivity contribution < 1.29 is 5.11 Å². The lowest BCUT2D eigenvalue weighted by Crippen LogP contribution is -1.81. The van der Waals surface area contributed by atoms with Crippen LogP contribution in [0, 0.1) is 0 Å². The van der Waals surface area contributed by atoms with E-state index in [1.165, 1.54) is 0 Å². The van der Waals surface area contributed by atoms with Gasteiger partial charge in [-0.15, -0.1) is 0 Å². The molecule has 4 rings (SSSR count). The molecule has 0 heterocycles. The van der Waals surface area contributed by atoms with Crippen LogP contribution in [0.3, 0.4) is 0 Å². The fraction of sp³-hybridized carbons (Fsp3) is 0. The van der Waals surface area contributed by atoms with Crippen LogP contribution in [0.2, 0.25) is 0 Å². The van der Waals surface area contributed by atoms with Gasteiger partial charge in [0.25, 0.3) is 0 Å². The van der Waals surface area contributed by atoms with Gasteiger partial charge in [0.15, 0.2) is 0 Å². The van der Waals surface area contributed by atoms with Crippen LogP contribution in [0.25, 0.3) is 32.3 Å². The zero-order valence-electron chi connectivity index (χ0n) is 10.3. The van der Waals surface area contributed by atoms with Crippen LogP contribution in [0.5, 0.6) is 5.75 Å². The van der Waals surface area contributed by atoms with Gasteiger partial charge in [0.1, 0.15) is 5.75 Å². The molecule has 0 aliphatic heterocycles. The van der Waals surface area contributed by atoms with Gasteiger partial charge < -0.3 is 5.11 Å². The zero-order chi connectivity index (χ0) is 12.8. The third-order valence-electron chi connectivity index (χ3n) is 3.72. The number of hydrogen-bond acceptors (Lipinski definition) is 1. The van der Waals surface area contributed by atoms with E-state index < -0.39 is 0 Å². The lowest BCUT2D eigenvalue weighted by atomic mass is 9.97. The van der Waals surface area contributed by atoms with Crippen LogP contribution in [-0.4, -0.2) is 5.11 Å². The lowest BCUT2D eigenvalue weighted by Gasteiger charge is -2.09. The predicted octanol–water partition coefficient (Wildman–Crippen LogP) is 4.85. The second kappa shape index (κ2) is 3.72. The molecule has 19 heavy (non-hydrogen) atoms. The van der Waals surface area contributed by atoms with Gasteiger partial charge in [-0.3, -0.25) is 0 Å². The number of hydrogen-bond donors (Lipinski definition) is 1. The van der Waals surface area contributed by atoms with Crippen LogP contribution in [0.1, 0.15) is 0 Å². The van der Waals surface area contributed by atoms with Crippen molar-refractivity contribution in [2.45, 2.75) is 0 Å². The second-order valence-electron chi connectivity index (χ2n) is 4.83. The van der Waals surface area contributed by atoms with Gasteiger partial charge in [0.05, 0.1) is 0 Å². The van der Waals surface area contributed by atoms with Gasteiger partial charge in [0, 0.05) is 10.8 Å². The maximum absolute atomic E-state index is 10.6. The van der Waals surface area contributed by atoms with E-state index in [4.69, 9.17) is 0 Å².